The molecule has 0 spiro atoms. The van der Waals surface area contributed by atoms with Crippen molar-refractivity contribution < 1.29 is 27.8 Å². The fraction of sp³-hybridized carbons (Fsp3) is 0.0526. The van der Waals surface area contributed by atoms with Gasteiger partial charge in [0.2, 0.25) is 0 Å². The van der Waals surface area contributed by atoms with Crippen molar-refractivity contribution in [2.75, 3.05) is 6.26 Å². The molecule has 29 heavy (non-hydrogen) atoms. The van der Waals surface area contributed by atoms with Crippen LogP contribution in [-0.2, 0) is 29.2 Å². The van der Waals surface area contributed by atoms with E-state index in [9.17, 15) is 8.42 Å². The molecule has 10 heteroatoms. The van der Waals surface area contributed by atoms with Gasteiger partial charge >= 0.3 is 190 Å². The van der Waals surface area contributed by atoms with E-state index in [1.165, 1.54) is 6.20 Å². The molecule has 2 heterocycles. The van der Waals surface area contributed by atoms with Gasteiger partial charge in [0.05, 0.1) is 0 Å². The number of hydrogen-bond donors (Lipinski definition) is 1. The molecule has 0 atom stereocenters. The first-order chi connectivity index (χ1) is 13.7. The number of sulfone groups is 1. The Morgan fingerprint density at radius 3 is 2.45 bits per heavy atom. The van der Waals surface area contributed by atoms with Crippen LogP contribution in [0.2, 0.25) is 0 Å². The van der Waals surface area contributed by atoms with E-state index >= 15 is 0 Å². The van der Waals surface area contributed by atoms with Crippen LogP contribution in [0.5, 0.6) is 0 Å². The van der Waals surface area contributed by atoms with Crippen LogP contribution in [0.25, 0.3) is 28.2 Å². The molecule has 0 radical (unpaired) electrons. The van der Waals surface area contributed by atoms with E-state index in [2.05, 4.69) is 26.5 Å². The molecule has 2 aromatic heterocycles. The molecule has 0 saturated heterocycles. The van der Waals surface area contributed by atoms with Gasteiger partial charge in [-0.25, -0.2) is 0 Å². The number of imidazole rings is 1. The molecule has 6 nitrogen and oxygen atoms in total. The van der Waals surface area contributed by atoms with Crippen molar-refractivity contribution in [1.82, 2.24) is 19.9 Å². The summed E-state index contributed by atoms with van der Waals surface area (Å²) in [6, 6.07) is 11.0. The summed E-state index contributed by atoms with van der Waals surface area (Å²) >= 11 is 13.7. The summed E-state index contributed by atoms with van der Waals surface area (Å²) in [5, 5.41) is 0.373. The van der Waals surface area contributed by atoms with E-state index < -0.39 is 9.84 Å². The Morgan fingerprint density at radius 2 is 1.86 bits per heavy atom. The van der Waals surface area contributed by atoms with Gasteiger partial charge in [-0.15, -0.1) is 0 Å². The molecule has 0 bridgehead atoms. The number of aromatic nitrogens is 4. The van der Waals surface area contributed by atoms with Crippen molar-refractivity contribution in [3.8, 4) is 22.6 Å². The van der Waals surface area contributed by atoms with Crippen molar-refractivity contribution in [1.29, 1.82) is 0 Å². The first kappa shape index (κ1) is 21.8. The van der Waals surface area contributed by atoms with Crippen LogP contribution in [0.3, 0.4) is 0 Å². The van der Waals surface area contributed by atoms with Crippen LogP contribution < -0.4 is 0 Å². The zero-order valence-electron chi connectivity index (χ0n) is 15.1. The van der Waals surface area contributed by atoms with E-state index in [1.807, 2.05) is 30.3 Å². The molecule has 0 aliphatic carbocycles. The summed E-state index contributed by atoms with van der Waals surface area (Å²) in [5.41, 5.74) is 2.74. The van der Waals surface area contributed by atoms with Crippen LogP contribution >= 0.6 is 23.2 Å². The third kappa shape index (κ3) is 4.81. The number of rotatable bonds is 6. The van der Waals surface area contributed by atoms with E-state index in [4.69, 9.17) is 23.2 Å². The zero-order chi connectivity index (χ0) is 21.2. The van der Waals surface area contributed by atoms with Gasteiger partial charge in [0.25, 0.3) is 0 Å². The minimum absolute atomic E-state index is 0.229. The molecule has 0 aliphatic heterocycles. The molecule has 3 aromatic rings. The topological polar surface area (TPSA) is 88.6 Å². The Morgan fingerprint density at radius 1 is 1.17 bits per heavy atom. The standard InChI is InChI=1S/C19H14Cl2N4O2S.W/c1-11(20)15(12(2)21)18-24-16(13-7-5-4-6-8-13)17(25-18)14-9-10-22-19(23-14)28(3,26)27;/h1,4-10H,2H2,3H3,(H,24,25);/b15-11-;. The quantitative estimate of drug-likeness (QED) is 0.334. The van der Waals surface area contributed by atoms with Crippen molar-refractivity contribution in [3.05, 3.63) is 65.1 Å². The van der Waals surface area contributed by atoms with Crippen molar-refractivity contribution in [2.45, 2.75) is 5.16 Å². The Labute approximate surface area is 189 Å². The minimum atomic E-state index is -3.58. The third-order valence-corrected chi connectivity index (χ3v) is 6.53. The second-order valence-corrected chi connectivity index (χ2v) is 9.54. The number of hydrogen-bond acceptors (Lipinski definition) is 5. The summed E-state index contributed by atoms with van der Waals surface area (Å²) < 4.78 is 25.6. The van der Waals surface area contributed by atoms with Gasteiger partial charge in [0.15, 0.2) is 0 Å². The first-order valence-corrected chi connectivity index (χ1v) is 12.5. The van der Waals surface area contributed by atoms with Gasteiger partial charge in [-0.2, -0.15) is 0 Å². The molecule has 148 valence electrons. The molecule has 0 saturated carbocycles. The molecular weight excluding hydrogens is 603 g/mol. The number of benzene rings is 1. The number of allylic oxidation sites excluding steroid dienone is 3. The first-order valence-electron chi connectivity index (χ1n) is 8.11. The van der Waals surface area contributed by atoms with Crippen molar-refractivity contribution in [2.24, 2.45) is 0 Å². The van der Waals surface area contributed by atoms with Crippen LogP contribution in [0.4, 0.5) is 0 Å². The average molecular weight is 617 g/mol. The second-order valence-electron chi connectivity index (χ2n) is 5.92. The number of H-pyrrole nitrogens is 1. The Kier molecular flexibility index (Phi) is 6.64. The third-order valence-electron chi connectivity index (χ3n) is 3.82. The normalized spacial score (nSPS) is 12.4. The summed E-state index contributed by atoms with van der Waals surface area (Å²) in [6.07, 6.45) is 2.45. The summed E-state index contributed by atoms with van der Waals surface area (Å²) in [7, 11) is -3.58. The van der Waals surface area contributed by atoms with E-state index in [0.717, 1.165) is 31.2 Å². The van der Waals surface area contributed by atoms with Gasteiger partial charge < -0.3 is 0 Å². The van der Waals surface area contributed by atoms with Crippen LogP contribution in [0.1, 0.15) is 5.82 Å². The number of nitrogens with one attached hydrogen (secondary N) is 1. The number of nitrogens with zero attached hydrogens (tertiary/aromatic N) is 3. The van der Waals surface area contributed by atoms with Gasteiger partial charge in [-0.3, -0.25) is 0 Å². The average Bonchev–Trinajstić information content (AvgIpc) is 3.12. The molecule has 1 aromatic carbocycles. The van der Waals surface area contributed by atoms with Gasteiger partial charge in [0, 0.05) is 0 Å². The molecule has 0 amide bonds. The second kappa shape index (κ2) is 8.84. The van der Waals surface area contributed by atoms with Gasteiger partial charge in [0.1, 0.15) is 0 Å². The Hall–Kier alpha value is -1.92. The number of aromatic amines is 1. The van der Waals surface area contributed by atoms with Crippen LogP contribution in [0.15, 0.2) is 64.4 Å². The zero-order valence-corrected chi connectivity index (χ0v) is 20.3. The van der Waals surface area contributed by atoms with Gasteiger partial charge in [-0.1, -0.05) is 0 Å². The fourth-order valence-electron chi connectivity index (χ4n) is 2.57. The summed E-state index contributed by atoms with van der Waals surface area (Å²) in [4.78, 5) is 15.9. The maximum atomic E-state index is 11.9. The molecule has 3 rings (SSSR count). The molecular formula is C19H14Cl2N4O2SW. The fourth-order valence-corrected chi connectivity index (χ4v) is 3.95. The predicted octanol–water partition coefficient (Wildman–Crippen LogP) is 3.99. The van der Waals surface area contributed by atoms with E-state index in [-0.39, 0.29) is 10.2 Å². The maximum absolute atomic E-state index is 11.9. The van der Waals surface area contributed by atoms with Crippen molar-refractivity contribution >= 4 is 43.0 Å². The predicted molar refractivity (Wildman–Crippen MR) is 112 cm³/mol. The SMILES string of the molecule is C=C(Cl)/C(=C(/Cl)[CH]=[W])c1nc(-c2ccccc2)c(-c2ccnc(S(C)(=O)=O)n2)[nH]1. The molecule has 0 unspecified atom stereocenters. The molecule has 0 fully saturated rings. The van der Waals surface area contributed by atoms with Crippen LogP contribution in [-0.4, -0.2) is 39.0 Å². The van der Waals surface area contributed by atoms with E-state index in [1.54, 1.807) is 10.5 Å². The summed E-state index contributed by atoms with van der Waals surface area (Å²) in [5.74, 6) is 0.404. The van der Waals surface area contributed by atoms with Gasteiger partial charge in [-0.05, 0) is 0 Å². The Bertz CT molecular complexity index is 1240. The van der Waals surface area contributed by atoms with E-state index in [0.29, 0.717) is 33.5 Å². The monoisotopic (exact) mass is 616 g/mol. The van der Waals surface area contributed by atoms with Crippen LogP contribution in [0, 0.1) is 0 Å². The molecule has 1 N–H and O–H groups in total. The number of halogens is 2. The molecule has 0 aliphatic rings. The summed E-state index contributed by atoms with van der Waals surface area (Å²) in [6.45, 7) is 3.78. The van der Waals surface area contributed by atoms with Crippen molar-refractivity contribution in [3.63, 3.8) is 0 Å². The Balaban J connectivity index is 2.31.